The van der Waals surface area contributed by atoms with Gasteiger partial charge in [0.05, 0.1) is 11.8 Å². The van der Waals surface area contributed by atoms with E-state index in [-0.39, 0.29) is 6.54 Å². The number of nitrogens with zero attached hydrogens (tertiary/aromatic N) is 1. The lowest BCUT2D eigenvalue weighted by molar-refractivity contribution is -0.187. The summed E-state index contributed by atoms with van der Waals surface area (Å²) in [6.45, 7) is 1.94. The molecule has 1 aliphatic heterocycles. The zero-order valence-corrected chi connectivity index (χ0v) is 14.3. The van der Waals surface area contributed by atoms with Crippen LogP contribution in [0.4, 0.5) is 23.7 Å². The van der Waals surface area contributed by atoms with Gasteiger partial charge in [-0.2, -0.15) is 13.2 Å². The summed E-state index contributed by atoms with van der Waals surface area (Å²) in [5, 5.41) is 14.7. The molecule has 0 unspecified atom stereocenters. The summed E-state index contributed by atoms with van der Waals surface area (Å²) in [5.74, 6) is -5.22. The number of likely N-dealkylation sites (tertiary alicyclic amines) is 1. The van der Waals surface area contributed by atoms with E-state index in [0.29, 0.717) is 0 Å². The highest BCUT2D eigenvalue weighted by atomic mass is 19.4. The number of hydrogen-bond donors (Lipinski definition) is 3. The molecule has 144 valence electrons. The lowest BCUT2D eigenvalue weighted by Gasteiger charge is -2.18. The molecule has 2 atom stereocenters. The quantitative estimate of drug-likeness (QED) is 0.716. The Morgan fingerprint density at radius 3 is 2.38 bits per heavy atom. The fourth-order valence-corrected chi connectivity index (χ4v) is 2.85. The van der Waals surface area contributed by atoms with Crippen molar-refractivity contribution in [2.24, 2.45) is 11.8 Å². The molecule has 1 fully saturated rings. The first-order valence-corrected chi connectivity index (χ1v) is 8.37. The lowest BCUT2D eigenvalue weighted by atomic mass is 9.96. The van der Waals surface area contributed by atoms with E-state index >= 15 is 0 Å². The number of hydrogen-bond acceptors (Lipinski definition) is 3. The lowest BCUT2D eigenvalue weighted by Crippen LogP contribution is -2.39. The Labute approximate surface area is 149 Å². The van der Waals surface area contributed by atoms with Crippen LogP contribution < -0.4 is 10.6 Å². The van der Waals surface area contributed by atoms with Crippen molar-refractivity contribution >= 4 is 17.7 Å². The predicted octanol–water partition coefficient (Wildman–Crippen LogP) is 2.91. The van der Waals surface area contributed by atoms with Gasteiger partial charge in [0, 0.05) is 31.9 Å². The number of carboxylic acids is 1. The van der Waals surface area contributed by atoms with Crippen LogP contribution in [0.2, 0.25) is 0 Å². The van der Waals surface area contributed by atoms with E-state index in [1.165, 1.54) is 0 Å². The molecule has 0 aromatic heterocycles. The molecular formula is C17H22F3N3O3. The van der Waals surface area contributed by atoms with Crippen LogP contribution in [0.1, 0.15) is 18.9 Å². The molecule has 0 bridgehead atoms. The number of carbonyl (C=O) groups excluding carboxylic acids is 1. The first kappa shape index (κ1) is 19.9. The summed E-state index contributed by atoms with van der Waals surface area (Å²) in [7, 11) is 0. The third-order valence-electron chi connectivity index (χ3n) is 4.32. The van der Waals surface area contributed by atoms with Gasteiger partial charge in [0.1, 0.15) is 0 Å². The Bertz CT molecular complexity index is 634. The van der Waals surface area contributed by atoms with E-state index in [1.54, 1.807) is 12.1 Å². The maximum Gasteiger partial charge on any atom is 0.394 e. The molecule has 0 aliphatic carbocycles. The van der Waals surface area contributed by atoms with Gasteiger partial charge in [-0.05, 0) is 24.1 Å². The Morgan fingerprint density at radius 1 is 1.23 bits per heavy atom. The fourth-order valence-electron chi connectivity index (χ4n) is 2.85. The number of carboxylic acid groups (broad SMARTS) is 1. The van der Waals surface area contributed by atoms with Gasteiger partial charge in [-0.3, -0.25) is 4.79 Å². The smallest absolute Gasteiger partial charge is 0.394 e. The molecule has 0 radical (unpaired) electrons. The number of nitrogens with one attached hydrogen (secondary N) is 2. The van der Waals surface area contributed by atoms with E-state index in [2.05, 4.69) is 10.6 Å². The third kappa shape index (κ3) is 5.03. The van der Waals surface area contributed by atoms with E-state index < -0.39 is 43.1 Å². The third-order valence-corrected chi connectivity index (χ3v) is 4.32. The molecule has 1 aromatic carbocycles. The Balaban J connectivity index is 1.90. The summed E-state index contributed by atoms with van der Waals surface area (Å²) in [6.07, 6.45) is -3.66. The van der Waals surface area contributed by atoms with Crippen molar-refractivity contribution in [1.82, 2.24) is 10.2 Å². The molecule has 0 saturated carbocycles. The summed E-state index contributed by atoms with van der Waals surface area (Å²) in [5.41, 5.74) is 1.74. The van der Waals surface area contributed by atoms with Crippen LogP contribution in [0.25, 0.3) is 0 Å². The minimum atomic E-state index is -4.65. The highest BCUT2D eigenvalue weighted by Gasteiger charge is 2.53. The number of carbonyl (C=O) groups is 2. The maximum absolute atomic E-state index is 13.0. The number of rotatable bonds is 6. The van der Waals surface area contributed by atoms with Gasteiger partial charge in [0.15, 0.2) is 0 Å². The van der Waals surface area contributed by atoms with Crippen LogP contribution in [0, 0.1) is 11.8 Å². The topological polar surface area (TPSA) is 81.7 Å². The molecule has 3 N–H and O–H groups in total. The molecule has 2 amide bonds. The van der Waals surface area contributed by atoms with E-state index in [0.717, 1.165) is 29.1 Å². The van der Waals surface area contributed by atoms with E-state index in [4.69, 9.17) is 5.11 Å². The average Bonchev–Trinajstić information content (AvgIpc) is 3.05. The van der Waals surface area contributed by atoms with Crippen molar-refractivity contribution in [2.75, 3.05) is 25.0 Å². The van der Waals surface area contributed by atoms with Crippen LogP contribution in [-0.2, 0) is 11.3 Å². The van der Waals surface area contributed by atoms with Gasteiger partial charge >= 0.3 is 18.2 Å². The summed E-state index contributed by atoms with van der Waals surface area (Å²) in [6, 6.07) is 6.62. The van der Waals surface area contributed by atoms with Gasteiger partial charge < -0.3 is 20.6 Å². The van der Waals surface area contributed by atoms with Gasteiger partial charge in [-0.1, -0.05) is 19.1 Å². The zero-order chi connectivity index (χ0) is 19.3. The van der Waals surface area contributed by atoms with Crippen molar-refractivity contribution in [1.29, 1.82) is 0 Å². The Kier molecular flexibility index (Phi) is 6.33. The first-order valence-electron chi connectivity index (χ1n) is 8.37. The molecule has 1 saturated heterocycles. The second kappa shape index (κ2) is 8.29. The van der Waals surface area contributed by atoms with Gasteiger partial charge in [-0.25, -0.2) is 4.79 Å². The van der Waals surface area contributed by atoms with Crippen LogP contribution in [-0.4, -0.2) is 47.8 Å². The second-order valence-electron chi connectivity index (χ2n) is 6.28. The highest BCUT2D eigenvalue weighted by molar-refractivity contribution is 5.77. The molecule has 26 heavy (non-hydrogen) atoms. The van der Waals surface area contributed by atoms with Crippen molar-refractivity contribution in [3.63, 3.8) is 0 Å². The SMILES string of the molecule is CCCNc1ccc(CNC(=O)N2C[C@@H](C(F)(F)F)[C@H](C(=O)O)C2)cc1. The van der Waals surface area contributed by atoms with Crippen LogP contribution in [0.3, 0.4) is 0 Å². The monoisotopic (exact) mass is 373 g/mol. The molecule has 6 nitrogen and oxygen atoms in total. The average molecular weight is 373 g/mol. The summed E-state index contributed by atoms with van der Waals surface area (Å²) < 4.78 is 38.9. The van der Waals surface area contributed by atoms with Crippen molar-refractivity contribution in [3.05, 3.63) is 29.8 Å². The Morgan fingerprint density at radius 2 is 1.88 bits per heavy atom. The molecule has 1 aliphatic rings. The number of aliphatic carboxylic acids is 1. The number of alkyl halides is 3. The maximum atomic E-state index is 13.0. The second-order valence-corrected chi connectivity index (χ2v) is 6.28. The largest absolute Gasteiger partial charge is 0.481 e. The molecule has 1 heterocycles. The number of amides is 2. The standard InChI is InChI=1S/C17H22F3N3O3/c1-2-7-21-12-5-3-11(4-6-12)8-22-16(26)23-9-13(15(24)25)14(10-23)17(18,19)20/h3-6,13-14,21H,2,7-10H2,1H3,(H,22,26)(H,24,25)/t13-,14-/m1/s1. The normalized spacial score (nSPS) is 20.1. The number of anilines is 1. The number of benzene rings is 1. The molecule has 1 aromatic rings. The predicted molar refractivity (Wildman–Crippen MR) is 89.7 cm³/mol. The minimum absolute atomic E-state index is 0.151. The number of halogens is 3. The molecule has 2 rings (SSSR count). The summed E-state index contributed by atoms with van der Waals surface area (Å²) >= 11 is 0. The van der Waals surface area contributed by atoms with Gasteiger partial charge in [-0.15, -0.1) is 0 Å². The van der Waals surface area contributed by atoms with Crippen molar-refractivity contribution in [2.45, 2.75) is 26.1 Å². The fraction of sp³-hybridized carbons (Fsp3) is 0.529. The molecule has 9 heteroatoms. The molecule has 0 spiro atoms. The van der Waals surface area contributed by atoms with Crippen LogP contribution in [0.5, 0.6) is 0 Å². The van der Waals surface area contributed by atoms with Crippen molar-refractivity contribution < 1.29 is 27.9 Å². The van der Waals surface area contributed by atoms with Crippen LogP contribution >= 0.6 is 0 Å². The summed E-state index contributed by atoms with van der Waals surface area (Å²) in [4.78, 5) is 24.1. The first-order chi connectivity index (χ1) is 12.2. The van der Waals surface area contributed by atoms with Gasteiger partial charge in [0.2, 0.25) is 0 Å². The van der Waals surface area contributed by atoms with E-state index in [1.807, 2.05) is 19.1 Å². The molecular weight excluding hydrogens is 351 g/mol. The Hall–Kier alpha value is -2.45. The van der Waals surface area contributed by atoms with E-state index in [9.17, 15) is 22.8 Å². The zero-order valence-electron chi connectivity index (χ0n) is 14.3. The number of urea groups is 1. The van der Waals surface area contributed by atoms with Gasteiger partial charge in [0.25, 0.3) is 0 Å². The van der Waals surface area contributed by atoms with Crippen LogP contribution in [0.15, 0.2) is 24.3 Å². The van der Waals surface area contributed by atoms with Crippen molar-refractivity contribution in [3.8, 4) is 0 Å². The minimum Gasteiger partial charge on any atom is -0.481 e. The highest BCUT2D eigenvalue weighted by Crippen LogP contribution is 2.37.